The Morgan fingerprint density at radius 2 is 1.75 bits per heavy atom. The van der Waals surface area contributed by atoms with E-state index in [9.17, 15) is 9.90 Å². The number of carbonyl (C=O) groups excluding carboxylic acids is 1. The molecule has 5 nitrogen and oxygen atoms in total. The topological polar surface area (TPSA) is 63.8 Å². The van der Waals surface area contributed by atoms with Crippen LogP contribution in [0.3, 0.4) is 0 Å². The third kappa shape index (κ3) is 4.86. The minimum atomic E-state index is -0.581. The molecule has 180 valence electrons. The fraction of sp³-hybridized carbons (Fsp3) is 0.133. The molecular weight excluding hydrogens is 468 g/mol. The summed E-state index contributed by atoms with van der Waals surface area (Å²) in [6.07, 6.45) is 4.00. The van der Waals surface area contributed by atoms with Gasteiger partial charge < -0.3 is 14.4 Å². The minimum Gasteiger partial charge on any atom is -0.506 e. The molecule has 2 heterocycles. The average molecular weight is 495 g/mol. The third-order valence-corrected chi connectivity index (χ3v) is 6.96. The highest BCUT2D eigenvalue weighted by Crippen LogP contribution is 2.41. The van der Waals surface area contributed by atoms with Gasteiger partial charge in [0.15, 0.2) is 0 Å². The summed E-state index contributed by atoms with van der Waals surface area (Å²) >= 11 is 1.27. The molecule has 0 amide bonds. The van der Waals surface area contributed by atoms with Crippen molar-refractivity contribution in [3.63, 3.8) is 0 Å². The number of benzene rings is 3. The maximum atomic E-state index is 12.7. The third-order valence-electron chi connectivity index (χ3n) is 5.94. The molecule has 1 aliphatic heterocycles. The zero-order valence-electron chi connectivity index (χ0n) is 20.1. The van der Waals surface area contributed by atoms with Crippen molar-refractivity contribution in [3.05, 3.63) is 118 Å². The molecule has 0 atom stereocenters. The second-order valence-electron chi connectivity index (χ2n) is 8.52. The van der Waals surface area contributed by atoms with Crippen molar-refractivity contribution >= 4 is 45.4 Å². The van der Waals surface area contributed by atoms with E-state index in [0.717, 1.165) is 23.0 Å². The number of ether oxygens (including phenoxy) is 1. The molecule has 4 aromatic rings. The lowest BCUT2D eigenvalue weighted by molar-refractivity contribution is -0.138. The lowest BCUT2D eigenvalue weighted by Crippen LogP contribution is -2.12. The largest absolute Gasteiger partial charge is 0.506 e. The van der Waals surface area contributed by atoms with Crippen LogP contribution in [0.25, 0.3) is 17.0 Å². The SMILES string of the molecule is CCOC(=O)C1=C(O)/C(=C/c2cn(Cc3ccc(C)cc3)c3ccccc23)SC1=Nc1ccccc1. The predicted molar refractivity (Wildman–Crippen MR) is 148 cm³/mol. The van der Waals surface area contributed by atoms with Crippen LogP contribution in [0.5, 0.6) is 0 Å². The normalized spacial score (nSPS) is 15.8. The van der Waals surface area contributed by atoms with Crippen molar-refractivity contribution in [1.29, 1.82) is 0 Å². The van der Waals surface area contributed by atoms with Crippen molar-refractivity contribution in [3.8, 4) is 0 Å². The first-order valence-corrected chi connectivity index (χ1v) is 12.6. The van der Waals surface area contributed by atoms with Crippen LogP contribution < -0.4 is 0 Å². The molecule has 3 aromatic carbocycles. The predicted octanol–water partition coefficient (Wildman–Crippen LogP) is 7.19. The van der Waals surface area contributed by atoms with Gasteiger partial charge in [-0.05, 0) is 43.7 Å². The first-order valence-electron chi connectivity index (χ1n) is 11.8. The van der Waals surface area contributed by atoms with Gasteiger partial charge >= 0.3 is 5.97 Å². The number of fused-ring (bicyclic) bond motifs is 1. The Labute approximate surface area is 214 Å². The molecule has 1 aliphatic rings. The van der Waals surface area contributed by atoms with Gasteiger partial charge in [0.1, 0.15) is 16.4 Å². The summed E-state index contributed by atoms with van der Waals surface area (Å²) in [4.78, 5) is 17.9. The maximum Gasteiger partial charge on any atom is 0.344 e. The van der Waals surface area contributed by atoms with Gasteiger partial charge in [-0.1, -0.05) is 78.0 Å². The fourth-order valence-electron chi connectivity index (χ4n) is 4.16. The van der Waals surface area contributed by atoms with Gasteiger partial charge in [-0.3, -0.25) is 0 Å². The number of esters is 1. The number of carbonyl (C=O) groups is 1. The van der Waals surface area contributed by atoms with Crippen LogP contribution in [0.4, 0.5) is 5.69 Å². The molecule has 0 bridgehead atoms. The first kappa shape index (κ1) is 23.7. The number of thioether (sulfide) groups is 1. The summed E-state index contributed by atoms with van der Waals surface area (Å²) in [5, 5.41) is 12.6. The highest BCUT2D eigenvalue weighted by Gasteiger charge is 2.33. The van der Waals surface area contributed by atoms with Gasteiger partial charge in [-0.25, -0.2) is 9.79 Å². The minimum absolute atomic E-state index is 0.0975. The number of hydrogen-bond donors (Lipinski definition) is 1. The number of rotatable bonds is 6. The van der Waals surface area contributed by atoms with E-state index >= 15 is 0 Å². The van der Waals surface area contributed by atoms with Gasteiger partial charge in [-0.2, -0.15) is 0 Å². The lowest BCUT2D eigenvalue weighted by Gasteiger charge is -2.06. The monoisotopic (exact) mass is 494 g/mol. The van der Waals surface area contributed by atoms with E-state index in [2.05, 4.69) is 59.1 Å². The molecule has 36 heavy (non-hydrogen) atoms. The second kappa shape index (κ2) is 10.3. The number of aliphatic imine (C=N–C) groups is 1. The molecule has 0 radical (unpaired) electrons. The zero-order valence-corrected chi connectivity index (χ0v) is 21.0. The van der Waals surface area contributed by atoms with Crippen LogP contribution in [0.15, 0.2) is 106 Å². The van der Waals surface area contributed by atoms with Crippen molar-refractivity contribution in [1.82, 2.24) is 4.57 Å². The van der Waals surface area contributed by atoms with Gasteiger partial charge in [0, 0.05) is 29.2 Å². The summed E-state index contributed by atoms with van der Waals surface area (Å²) in [6, 6.07) is 26.1. The molecule has 1 N–H and O–H groups in total. The van der Waals surface area contributed by atoms with Crippen molar-refractivity contribution in [2.45, 2.75) is 20.4 Å². The number of aliphatic hydroxyl groups excluding tert-OH is 1. The summed E-state index contributed by atoms with van der Waals surface area (Å²) in [5.41, 5.74) is 5.29. The summed E-state index contributed by atoms with van der Waals surface area (Å²) in [7, 11) is 0. The molecule has 0 aliphatic carbocycles. The van der Waals surface area contributed by atoms with Crippen LogP contribution in [0.1, 0.15) is 23.6 Å². The highest BCUT2D eigenvalue weighted by molar-refractivity contribution is 8.18. The Hall–Kier alpha value is -4.03. The van der Waals surface area contributed by atoms with Gasteiger partial charge in [0.05, 0.1) is 17.2 Å². The summed E-state index contributed by atoms with van der Waals surface area (Å²) in [6.45, 7) is 4.77. The fourth-order valence-corrected chi connectivity index (χ4v) is 5.19. The van der Waals surface area contributed by atoms with Gasteiger partial charge in [0.25, 0.3) is 0 Å². The zero-order chi connectivity index (χ0) is 25.1. The van der Waals surface area contributed by atoms with Crippen molar-refractivity contribution < 1.29 is 14.6 Å². The lowest BCUT2D eigenvalue weighted by atomic mass is 10.1. The smallest absolute Gasteiger partial charge is 0.344 e. The number of aliphatic hydroxyl groups is 1. The van der Waals surface area contributed by atoms with Gasteiger partial charge in [0.2, 0.25) is 0 Å². The molecule has 6 heteroatoms. The van der Waals surface area contributed by atoms with Gasteiger partial charge in [-0.15, -0.1) is 0 Å². The van der Waals surface area contributed by atoms with Crippen LogP contribution >= 0.6 is 11.8 Å². The quantitative estimate of drug-likeness (QED) is 0.288. The number of para-hydroxylation sites is 2. The van der Waals surface area contributed by atoms with Crippen molar-refractivity contribution in [2.75, 3.05) is 6.61 Å². The van der Waals surface area contributed by atoms with Crippen LogP contribution in [-0.2, 0) is 16.1 Å². The van der Waals surface area contributed by atoms with E-state index in [1.165, 1.54) is 22.9 Å². The standard InChI is InChI=1S/C30H26N2O3S/c1-3-35-30(34)27-28(33)26(36-29(27)31-23-9-5-4-6-10-23)17-22-19-32(25-12-8-7-11-24(22)25)18-21-15-13-20(2)14-16-21/h4-17,19,33H,3,18H2,1-2H3/b26-17-,31-29?. The van der Waals surface area contributed by atoms with E-state index in [0.29, 0.717) is 15.6 Å². The molecule has 0 saturated carbocycles. The Balaban J connectivity index is 1.56. The summed E-state index contributed by atoms with van der Waals surface area (Å²) < 4.78 is 7.44. The number of nitrogens with zero attached hydrogens (tertiary/aromatic N) is 2. The Morgan fingerprint density at radius 3 is 2.50 bits per heavy atom. The van der Waals surface area contributed by atoms with Crippen LogP contribution in [-0.4, -0.2) is 27.3 Å². The maximum absolute atomic E-state index is 12.7. The highest BCUT2D eigenvalue weighted by atomic mass is 32.2. The van der Waals surface area contributed by atoms with E-state index < -0.39 is 5.97 Å². The van der Waals surface area contributed by atoms with Crippen LogP contribution in [0.2, 0.25) is 0 Å². The van der Waals surface area contributed by atoms with E-state index in [-0.39, 0.29) is 17.9 Å². The Morgan fingerprint density at radius 1 is 1.03 bits per heavy atom. The first-order chi connectivity index (χ1) is 17.5. The van der Waals surface area contributed by atoms with E-state index in [4.69, 9.17) is 4.74 Å². The molecule has 0 spiro atoms. The summed E-state index contributed by atoms with van der Waals surface area (Å²) in [5.74, 6) is -0.689. The molecule has 1 aromatic heterocycles. The molecule has 0 unspecified atom stereocenters. The van der Waals surface area contributed by atoms with E-state index in [1.807, 2.05) is 48.5 Å². The second-order valence-corrected chi connectivity index (χ2v) is 9.55. The molecule has 0 saturated heterocycles. The van der Waals surface area contributed by atoms with Crippen molar-refractivity contribution in [2.24, 2.45) is 4.99 Å². The van der Waals surface area contributed by atoms with E-state index in [1.54, 1.807) is 6.92 Å². The number of aromatic nitrogens is 1. The molecule has 0 fully saturated rings. The Kier molecular flexibility index (Phi) is 6.78. The molecule has 5 rings (SSSR count). The number of hydrogen-bond acceptors (Lipinski definition) is 5. The molecular formula is C30H26N2O3S. The van der Waals surface area contributed by atoms with Crippen LogP contribution in [0, 0.1) is 6.92 Å². The number of aryl methyl sites for hydroxylation is 1. The Bertz CT molecular complexity index is 1510. The average Bonchev–Trinajstić information content (AvgIpc) is 3.38.